The van der Waals surface area contributed by atoms with Crippen molar-refractivity contribution in [2.75, 3.05) is 24.2 Å². The van der Waals surface area contributed by atoms with Crippen LogP contribution in [0, 0.1) is 6.92 Å². The molecule has 11 nitrogen and oxygen atoms in total. The van der Waals surface area contributed by atoms with E-state index in [-0.39, 0.29) is 29.4 Å². The minimum Gasteiger partial charge on any atom is -0.390 e. The third kappa shape index (κ3) is 9.48. The van der Waals surface area contributed by atoms with E-state index in [0.29, 0.717) is 24.4 Å². The van der Waals surface area contributed by atoms with Gasteiger partial charge in [0.15, 0.2) is 0 Å². The Balaban J connectivity index is 1.58. The van der Waals surface area contributed by atoms with Crippen LogP contribution in [0.4, 0.5) is 5.69 Å². The molecule has 3 atom stereocenters. The molecule has 0 saturated carbocycles. The van der Waals surface area contributed by atoms with E-state index in [4.69, 9.17) is 4.52 Å². The summed E-state index contributed by atoms with van der Waals surface area (Å²) in [5.41, 5.74) is 2.79. The van der Waals surface area contributed by atoms with Crippen LogP contribution in [-0.4, -0.2) is 62.5 Å². The highest BCUT2D eigenvalue weighted by Gasteiger charge is 2.25. The third-order valence-electron chi connectivity index (χ3n) is 7.37. The van der Waals surface area contributed by atoms with Crippen LogP contribution in [0.15, 0.2) is 89.5 Å². The topological polar surface area (TPSA) is 154 Å². The average molecular weight is 634 g/mol. The molecule has 0 fully saturated rings. The molecule has 0 spiro atoms. The number of aliphatic hydroxyl groups excluding tert-OH is 1. The van der Waals surface area contributed by atoms with Crippen LogP contribution in [0.25, 0.3) is 0 Å². The lowest BCUT2D eigenvalue weighted by molar-refractivity contribution is 0.0829. The molecular formula is C33H39N5O6S. The van der Waals surface area contributed by atoms with Crippen LogP contribution in [0.1, 0.15) is 56.3 Å². The number of hydrogen-bond acceptors (Lipinski definition) is 8. The number of carbonyl (C=O) groups excluding carboxylic acids is 2. The van der Waals surface area contributed by atoms with Gasteiger partial charge in [-0.2, -0.15) is 0 Å². The molecule has 0 aliphatic rings. The number of benzene rings is 3. The maximum absolute atomic E-state index is 13.7. The first kappa shape index (κ1) is 33.4. The van der Waals surface area contributed by atoms with Gasteiger partial charge in [0.25, 0.3) is 11.8 Å². The van der Waals surface area contributed by atoms with E-state index < -0.39 is 34.0 Å². The summed E-state index contributed by atoms with van der Waals surface area (Å²) in [6.07, 6.45) is 0.360. The molecule has 1 aromatic heterocycles. The number of aromatic nitrogens is 1. The largest absolute Gasteiger partial charge is 0.390 e. The minimum atomic E-state index is -3.71. The molecule has 4 aromatic rings. The van der Waals surface area contributed by atoms with Crippen LogP contribution in [0.3, 0.4) is 0 Å². The maximum atomic E-state index is 13.7. The highest BCUT2D eigenvalue weighted by molar-refractivity contribution is 7.92. The number of rotatable bonds is 14. The lowest BCUT2D eigenvalue weighted by Gasteiger charge is -2.25. The van der Waals surface area contributed by atoms with Gasteiger partial charge in [-0.25, -0.2) is 8.42 Å². The van der Waals surface area contributed by atoms with Crippen molar-refractivity contribution in [3.63, 3.8) is 0 Å². The molecule has 4 rings (SSSR count). The zero-order valence-electron chi connectivity index (χ0n) is 25.7. The number of nitrogens with zero attached hydrogens (tertiary/aromatic N) is 2. The van der Waals surface area contributed by atoms with E-state index in [2.05, 4.69) is 21.1 Å². The first-order valence-corrected chi connectivity index (χ1v) is 16.4. The number of aliphatic hydroxyl groups is 1. The van der Waals surface area contributed by atoms with E-state index in [1.54, 1.807) is 13.0 Å². The second-order valence-corrected chi connectivity index (χ2v) is 13.0. The van der Waals surface area contributed by atoms with Crippen molar-refractivity contribution in [1.29, 1.82) is 0 Å². The summed E-state index contributed by atoms with van der Waals surface area (Å²) in [4.78, 5) is 27.1. The smallest absolute Gasteiger partial charge is 0.251 e. The van der Waals surface area contributed by atoms with E-state index in [9.17, 15) is 23.1 Å². The van der Waals surface area contributed by atoms with Gasteiger partial charge in [-0.1, -0.05) is 65.8 Å². The van der Waals surface area contributed by atoms with Crippen molar-refractivity contribution < 1.29 is 27.6 Å². The number of hydrogen-bond donors (Lipinski definition) is 4. The zero-order chi connectivity index (χ0) is 32.6. The molecule has 0 aliphatic carbocycles. The SMILES string of the molecule is Cc1cc(CNCC(O)C(Cc2ccccc2)NC(=O)c2cc(C(=O)NC(C)c3ccccc3)cc(N(C)S(C)(=O)=O)c2)no1. The van der Waals surface area contributed by atoms with Crippen molar-refractivity contribution >= 4 is 27.5 Å². The summed E-state index contributed by atoms with van der Waals surface area (Å²) >= 11 is 0. The molecule has 2 amide bonds. The number of carbonyl (C=O) groups is 2. The van der Waals surface area contributed by atoms with E-state index in [1.807, 2.05) is 67.6 Å². The molecular weight excluding hydrogens is 594 g/mol. The van der Waals surface area contributed by atoms with Gasteiger partial charge < -0.3 is 25.6 Å². The fourth-order valence-electron chi connectivity index (χ4n) is 4.75. The Morgan fingerprint density at radius 1 is 0.933 bits per heavy atom. The fraction of sp³-hybridized carbons (Fsp3) is 0.303. The molecule has 238 valence electrons. The molecule has 0 saturated heterocycles. The summed E-state index contributed by atoms with van der Waals surface area (Å²) in [5, 5.41) is 24.1. The van der Waals surface area contributed by atoms with Crippen molar-refractivity contribution in [3.05, 3.63) is 119 Å². The third-order valence-corrected chi connectivity index (χ3v) is 8.57. The minimum absolute atomic E-state index is 0.0665. The standard InChI is InChI=1S/C33H39N5O6S/c1-22-15-28(37-44-22)20-34-21-31(39)30(16-24-11-7-5-8-12-24)36-33(41)27-17-26(18-29(19-27)38(3)45(4,42)43)32(40)35-23(2)25-13-9-6-10-14-25/h5-15,17-19,23,30-31,34,39H,16,20-21H2,1-4H3,(H,35,40)(H,36,41). The predicted molar refractivity (Wildman–Crippen MR) is 172 cm³/mol. The molecule has 1 heterocycles. The van der Waals surface area contributed by atoms with E-state index in [1.165, 1.54) is 25.2 Å². The Hall–Kier alpha value is -4.52. The van der Waals surface area contributed by atoms with Gasteiger partial charge in [0.2, 0.25) is 10.0 Å². The highest BCUT2D eigenvalue weighted by Crippen LogP contribution is 2.22. The van der Waals surface area contributed by atoms with Gasteiger partial charge in [0.1, 0.15) is 5.76 Å². The first-order valence-electron chi connectivity index (χ1n) is 14.5. The molecule has 3 aromatic carbocycles. The number of anilines is 1. The lowest BCUT2D eigenvalue weighted by atomic mass is 10.00. The summed E-state index contributed by atoms with van der Waals surface area (Å²) in [6, 6.07) is 23.8. The van der Waals surface area contributed by atoms with Gasteiger partial charge in [-0.05, 0) is 49.6 Å². The quantitative estimate of drug-likeness (QED) is 0.165. The summed E-state index contributed by atoms with van der Waals surface area (Å²) < 4.78 is 30.9. The van der Waals surface area contributed by atoms with Gasteiger partial charge in [-0.15, -0.1) is 0 Å². The number of amides is 2. The van der Waals surface area contributed by atoms with Crippen molar-refractivity contribution in [3.8, 4) is 0 Å². The average Bonchev–Trinajstić information content (AvgIpc) is 3.44. The Kier molecular flexibility index (Phi) is 11.1. The number of nitrogens with one attached hydrogen (secondary N) is 3. The molecule has 45 heavy (non-hydrogen) atoms. The van der Waals surface area contributed by atoms with E-state index in [0.717, 1.165) is 21.7 Å². The highest BCUT2D eigenvalue weighted by atomic mass is 32.2. The summed E-state index contributed by atoms with van der Waals surface area (Å²) in [7, 11) is -2.35. The van der Waals surface area contributed by atoms with Crippen LogP contribution < -0.4 is 20.3 Å². The molecule has 0 bridgehead atoms. The Morgan fingerprint density at radius 3 is 2.11 bits per heavy atom. The lowest BCUT2D eigenvalue weighted by Crippen LogP contribution is -2.48. The van der Waals surface area contributed by atoms with Crippen LogP contribution in [-0.2, 0) is 23.0 Å². The molecule has 4 N–H and O–H groups in total. The van der Waals surface area contributed by atoms with Gasteiger partial charge >= 0.3 is 0 Å². The van der Waals surface area contributed by atoms with Crippen LogP contribution in [0.5, 0.6) is 0 Å². The summed E-state index contributed by atoms with van der Waals surface area (Å²) in [5.74, 6) is -0.374. The van der Waals surface area contributed by atoms with Gasteiger partial charge in [0, 0.05) is 37.3 Å². The second kappa shape index (κ2) is 15.0. The van der Waals surface area contributed by atoms with Crippen LogP contribution in [0.2, 0.25) is 0 Å². The van der Waals surface area contributed by atoms with Gasteiger partial charge in [0.05, 0.1) is 35.8 Å². The van der Waals surface area contributed by atoms with Gasteiger partial charge in [-0.3, -0.25) is 13.9 Å². The molecule has 3 unspecified atom stereocenters. The monoisotopic (exact) mass is 633 g/mol. The predicted octanol–water partition coefficient (Wildman–Crippen LogP) is 3.36. The van der Waals surface area contributed by atoms with E-state index >= 15 is 0 Å². The molecule has 0 aliphatic heterocycles. The second-order valence-electron chi connectivity index (χ2n) is 11.0. The number of aryl methyl sites for hydroxylation is 1. The Bertz CT molecular complexity index is 1700. The zero-order valence-corrected chi connectivity index (χ0v) is 26.5. The Labute approximate surface area is 263 Å². The summed E-state index contributed by atoms with van der Waals surface area (Å²) in [6.45, 7) is 4.13. The first-order chi connectivity index (χ1) is 21.4. The fourth-order valence-corrected chi connectivity index (χ4v) is 5.23. The molecule has 0 radical (unpaired) electrons. The van der Waals surface area contributed by atoms with Crippen LogP contribution >= 0.6 is 0 Å². The van der Waals surface area contributed by atoms with Crippen molar-refractivity contribution in [2.24, 2.45) is 0 Å². The van der Waals surface area contributed by atoms with Crippen molar-refractivity contribution in [1.82, 2.24) is 21.1 Å². The van der Waals surface area contributed by atoms with Crippen molar-refractivity contribution in [2.45, 2.75) is 45.0 Å². The Morgan fingerprint density at radius 2 is 1.53 bits per heavy atom. The normalized spacial score (nSPS) is 13.4. The molecule has 12 heteroatoms. The maximum Gasteiger partial charge on any atom is 0.251 e. The number of sulfonamides is 1.